The molecule has 0 unspecified atom stereocenters. The van der Waals surface area contributed by atoms with Gasteiger partial charge in [0.1, 0.15) is 11.5 Å². The highest BCUT2D eigenvalue weighted by Gasteiger charge is 2.17. The molecule has 1 aromatic carbocycles. The minimum absolute atomic E-state index is 0.0220. The summed E-state index contributed by atoms with van der Waals surface area (Å²) in [5, 5.41) is 8.69. The van der Waals surface area contributed by atoms with Crippen LogP contribution in [-0.4, -0.2) is 16.1 Å². The summed E-state index contributed by atoms with van der Waals surface area (Å²) in [4.78, 5) is 13.0. The Hall–Kier alpha value is -1.98. The molecule has 2 rings (SSSR count). The molecule has 0 bridgehead atoms. The van der Waals surface area contributed by atoms with E-state index >= 15 is 0 Å². The van der Waals surface area contributed by atoms with Crippen LogP contribution in [0.5, 0.6) is 0 Å². The van der Waals surface area contributed by atoms with E-state index in [0.29, 0.717) is 6.07 Å². The molecule has 3 nitrogen and oxygen atoms in total. The highest BCUT2D eigenvalue weighted by atomic mass is 19.3. The molecular weight excluding hydrogens is 223 g/mol. The second-order valence-corrected chi connectivity index (χ2v) is 3.25. The Kier molecular flexibility index (Phi) is 2.34. The lowest BCUT2D eigenvalue weighted by molar-refractivity contribution is 0.0691. The molecule has 2 N–H and O–H groups in total. The summed E-state index contributed by atoms with van der Waals surface area (Å²) in [7, 11) is 0. The van der Waals surface area contributed by atoms with Crippen molar-refractivity contribution in [1.82, 2.24) is 4.98 Å². The fourth-order valence-corrected chi connectivity index (χ4v) is 1.52. The second kappa shape index (κ2) is 3.55. The van der Waals surface area contributed by atoms with Crippen LogP contribution in [0.25, 0.3) is 10.9 Å². The zero-order valence-electron chi connectivity index (χ0n) is 7.80. The van der Waals surface area contributed by atoms with Gasteiger partial charge in [0.05, 0.1) is 0 Å². The molecule has 1 heterocycles. The number of aromatic nitrogens is 1. The van der Waals surface area contributed by atoms with Crippen LogP contribution >= 0.6 is 0 Å². The summed E-state index contributed by atoms with van der Waals surface area (Å²) >= 11 is 0. The van der Waals surface area contributed by atoms with Crippen LogP contribution in [0.1, 0.15) is 22.5 Å². The summed E-state index contributed by atoms with van der Waals surface area (Å²) in [6.07, 6.45) is -2.85. The first-order valence-corrected chi connectivity index (χ1v) is 4.32. The van der Waals surface area contributed by atoms with Gasteiger partial charge in [-0.3, -0.25) is 0 Å². The first kappa shape index (κ1) is 10.5. The Morgan fingerprint density at radius 2 is 2.00 bits per heavy atom. The van der Waals surface area contributed by atoms with Crippen LogP contribution in [0, 0.1) is 5.82 Å². The number of halogens is 3. The first-order chi connectivity index (χ1) is 7.49. The Morgan fingerprint density at radius 1 is 1.31 bits per heavy atom. The molecule has 0 saturated heterocycles. The number of fused-ring (bicyclic) bond motifs is 1. The number of alkyl halides is 2. The highest BCUT2D eigenvalue weighted by Crippen LogP contribution is 2.29. The van der Waals surface area contributed by atoms with E-state index in [1.807, 2.05) is 0 Å². The smallest absolute Gasteiger partial charge is 0.352 e. The van der Waals surface area contributed by atoms with Crippen molar-refractivity contribution in [1.29, 1.82) is 0 Å². The normalized spacial score (nSPS) is 11.2. The SMILES string of the molecule is O=C(O)c1cc2c(C(F)F)cc(F)cc2[nH]1. The van der Waals surface area contributed by atoms with Crippen molar-refractivity contribution in [3.05, 3.63) is 35.3 Å². The van der Waals surface area contributed by atoms with Crippen LogP contribution in [0.2, 0.25) is 0 Å². The second-order valence-electron chi connectivity index (χ2n) is 3.25. The molecule has 0 amide bonds. The van der Waals surface area contributed by atoms with Gasteiger partial charge in [0.2, 0.25) is 0 Å². The largest absolute Gasteiger partial charge is 0.477 e. The van der Waals surface area contributed by atoms with Gasteiger partial charge in [-0.1, -0.05) is 0 Å². The molecule has 0 radical (unpaired) electrons. The summed E-state index contributed by atoms with van der Waals surface area (Å²) in [6.45, 7) is 0. The van der Waals surface area contributed by atoms with Crippen molar-refractivity contribution in [2.75, 3.05) is 0 Å². The number of nitrogens with one attached hydrogen (secondary N) is 1. The lowest BCUT2D eigenvalue weighted by Crippen LogP contribution is -1.94. The van der Waals surface area contributed by atoms with Crippen LogP contribution < -0.4 is 0 Å². The Bertz CT molecular complexity index is 562. The molecule has 2 aromatic rings. The predicted molar refractivity (Wildman–Crippen MR) is 50.2 cm³/mol. The molecule has 0 aliphatic heterocycles. The minimum Gasteiger partial charge on any atom is -0.477 e. The van der Waals surface area contributed by atoms with E-state index in [-0.39, 0.29) is 16.6 Å². The van der Waals surface area contributed by atoms with Crippen LogP contribution in [0.4, 0.5) is 13.2 Å². The van der Waals surface area contributed by atoms with E-state index < -0.39 is 23.8 Å². The maximum absolute atomic E-state index is 13.0. The third kappa shape index (κ3) is 1.62. The van der Waals surface area contributed by atoms with Crippen LogP contribution in [0.3, 0.4) is 0 Å². The number of benzene rings is 1. The molecule has 1 aromatic heterocycles. The van der Waals surface area contributed by atoms with E-state index in [0.717, 1.165) is 12.1 Å². The average molecular weight is 229 g/mol. The van der Waals surface area contributed by atoms with Crippen molar-refractivity contribution < 1.29 is 23.1 Å². The lowest BCUT2D eigenvalue weighted by atomic mass is 10.1. The summed E-state index contributed by atoms with van der Waals surface area (Å²) in [5.74, 6) is -2.11. The van der Waals surface area contributed by atoms with Crippen molar-refractivity contribution in [3.63, 3.8) is 0 Å². The number of carbonyl (C=O) groups is 1. The molecule has 0 aliphatic rings. The van der Waals surface area contributed by atoms with Gasteiger partial charge in [-0.25, -0.2) is 18.0 Å². The van der Waals surface area contributed by atoms with Crippen molar-refractivity contribution in [2.24, 2.45) is 0 Å². The number of hydrogen-bond donors (Lipinski definition) is 2. The van der Waals surface area contributed by atoms with E-state index in [4.69, 9.17) is 5.11 Å². The maximum Gasteiger partial charge on any atom is 0.352 e. The van der Waals surface area contributed by atoms with Crippen molar-refractivity contribution >= 4 is 16.9 Å². The predicted octanol–water partition coefficient (Wildman–Crippen LogP) is 2.94. The van der Waals surface area contributed by atoms with E-state index in [1.165, 1.54) is 0 Å². The zero-order valence-corrected chi connectivity index (χ0v) is 7.80. The lowest BCUT2D eigenvalue weighted by Gasteiger charge is -2.01. The van der Waals surface area contributed by atoms with Gasteiger partial charge >= 0.3 is 5.97 Å². The monoisotopic (exact) mass is 229 g/mol. The number of aromatic carboxylic acids is 1. The fraction of sp³-hybridized carbons (Fsp3) is 0.100. The Balaban J connectivity index is 2.75. The fourth-order valence-electron chi connectivity index (χ4n) is 1.52. The van der Waals surface area contributed by atoms with Gasteiger partial charge in [0, 0.05) is 16.5 Å². The van der Waals surface area contributed by atoms with E-state index in [9.17, 15) is 18.0 Å². The summed E-state index contributed by atoms with van der Waals surface area (Å²) < 4.78 is 38.1. The van der Waals surface area contributed by atoms with Gasteiger partial charge < -0.3 is 10.1 Å². The van der Waals surface area contributed by atoms with Gasteiger partial charge in [0.25, 0.3) is 6.43 Å². The van der Waals surface area contributed by atoms with Crippen LogP contribution in [0.15, 0.2) is 18.2 Å². The quantitative estimate of drug-likeness (QED) is 0.831. The first-order valence-electron chi connectivity index (χ1n) is 4.32. The third-order valence-electron chi connectivity index (χ3n) is 2.20. The minimum atomic E-state index is -2.85. The zero-order chi connectivity index (χ0) is 11.9. The van der Waals surface area contributed by atoms with E-state index in [2.05, 4.69) is 4.98 Å². The van der Waals surface area contributed by atoms with Crippen molar-refractivity contribution in [2.45, 2.75) is 6.43 Å². The molecule has 0 aliphatic carbocycles. The van der Waals surface area contributed by atoms with E-state index in [1.54, 1.807) is 0 Å². The molecule has 0 fully saturated rings. The van der Waals surface area contributed by atoms with Gasteiger partial charge in [0.15, 0.2) is 0 Å². The highest BCUT2D eigenvalue weighted by molar-refractivity contribution is 5.95. The average Bonchev–Trinajstić information content (AvgIpc) is 2.59. The maximum atomic E-state index is 13.0. The topological polar surface area (TPSA) is 53.1 Å². The summed E-state index contributed by atoms with van der Waals surface area (Å²) in [6, 6.07) is 2.75. The molecule has 0 atom stereocenters. The molecule has 6 heteroatoms. The van der Waals surface area contributed by atoms with Gasteiger partial charge in [-0.15, -0.1) is 0 Å². The number of hydrogen-bond acceptors (Lipinski definition) is 1. The molecular formula is C10H6F3NO2. The van der Waals surface area contributed by atoms with Crippen LogP contribution in [-0.2, 0) is 0 Å². The number of rotatable bonds is 2. The number of carboxylic acid groups (broad SMARTS) is 1. The molecule has 16 heavy (non-hydrogen) atoms. The molecule has 84 valence electrons. The standard InChI is InChI=1S/C10H6F3NO2/c11-4-1-6(9(12)13)5-3-8(10(15)16)14-7(5)2-4/h1-3,9,14H,(H,15,16). The molecule has 0 spiro atoms. The number of aromatic amines is 1. The van der Waals surface area contributed by atoms with Crippen molar-refractivity contribution in [3.8, 4) is 0 Å². The third-order valence-corrected chi connectivity index (χ3v) is 2.20. The number of H-pyrrole nitrogens is 1. The van der Waals surface area contributed by atoms with Gasteiger partial charge in [-0.05, 0) is 18.2 Å². The van der Waals surface area contributed by atoms with Gasteiger partial charge in [-0.2, -0.15) is 0 Å². The Labute approximate surface area is 87.5 Å². The number of carboxylic acids is 1. The Morgan fingerprint density at radius 3 is 2.56 bits per heavy atom. The summed E-state index contributed by atoms with van der Waals surface area (Å²) in [5.41, 5.74) is -0.714. The molecule has 0 saturated carbocycles.